The number of halogens is 1. The van der Waals surface area contributed by atoms with E-state index >= 15 is 0 Å². The van der Waals surface area contributed by atoms with Crippen LogP contribution in [-0.4, -0.2) is 24.1 Å². The monoisotopic (exact) mass is 306 g/mol. The molecule has 0 radical (unpaired) electrons. The highest BCUT2D eigenvalue weighted by Crippen LogP contribution is 2.20. The van der Waals surface area contributed by atoms with Gasteiger partial charge in [-0.2, -0.15) is 0 Å². The summed E-state index contributed by atoms with van der Waals surface area (Å²) in [5.41, 5.74) is 5.68. The summed E-state index contributed by atoms with van der Waals surface area (Å²) in [6, 6.07) is 4.79. The van der Waals surface area contributed by atoms with Crippen LogP contribution in [-0.2, 0) is 0 Å². The van der Waals surface area contributed by atoms with Gasteiger partial charge in [0, 0.05) is 18.7 Å². The molecule has 4 nitrogen and oxygen atoms in total. The number of phenolic OH excluding ortho intramolecular Hbond substituents is 1. The molecule has 1 aromatic rings. The third kappa shape index (κ3) is 2.85. The molecule has 0 fully saturated rings. The minimum atomic E-state index is -0.220. The Morgan fingerprint density at radius 1 is 1.57 bits per heavy atom. The maximum absolute atomic E-state index is 11.4. The predicted octanol–water partition coefficient (Wildman–Crippen LogP) is 0.685. The lowest BCUT2D eigenvalue weighted by molar-refractivity contribution is 0.0954. The van der Waals surface area contributed by atoms with Gasteiger partial charge < -0.3 is 16.2 Å². The second kappa shape index (κ2) is 5.16. The molecule has 14 heavy (non-hydrogen) atoms. The number of amides is 1. The molecule has 0 saturated carbocycles. The summed E-state index contributed by atoms with van der Waals surface area (Å²) in [6.45, 7) is 0.841. The molecule has 0 aliphatic heterocycles. The zero-order valence-electron chi connectivity index (χ0n) is 7.46. The summed E-state index contributed by atoms with van der Waals surface area (Å²) in [7, 11) is 0. The second-order valence-electron chi connectivity index (χ2n) is 2.71. The highest BCUT2D eigenvalue weighted by atomic mass is 127. The summed E-state index contributed by atoms with van der Waals surface area (Å²) in [4.78, 5) is 11.4. The van der Waals surface area contributed by atoms with Crippen LogP contribution in [0.1, 0.15) is 10.4 Å². The zero-order valence-corrected chi connectivity index (χ0v) is 9.61. The van der Waals surface area contributed by atoms with Crippen molar-refractivity contribution >= 4 is 28.5 Å². The van der Waals surface area contributed by atoms with E-state index in [0.29, 0.717) is 18.7 Å². The van der Waals surface area contributed by atoms with E-state index in [-0.39, 0.29) is 11.7 Å². The van der Waals surface area contributed by atoms with Gasteiger partial charge in [-0.25, -0.2) is 0 Å². The van der Waals surface area contributed by atoms with Crippen molar-refractivity contribution in [1.82, 2.24) is 5.32 Å². The summed E-state index contributed by atoms with van der Waals surface area (Å²) in [6.07, 6.45) is 0. The quantitative estimate of drug-likeness (QED) is 0.719. The molecule has 0 aliphatic rings. The molecule has 0 spiro atoms. The summed E-state index contributed by atoms with van der Waals surface area (Å²) in [5.74, 6) is -0.104. The number of benzene rings is 1. The lowest BCUT2D eigenvalue weighted by Crippen LogP contribution is -2.28. The molecule has 0 unspecified atom stereocenters. The molecule has 0 aromatic heterocycles. The van der Waals surface area contributed by atoms with Gasteiger partial charge in [0.15, 0.2) is 0 Å². The van der Waals surface area contributed by atoms with Crippen molar-refractivity contribution in [1.29, 1.82) is 0 Å². The highest BCUT2D eigenvalue weighted by Gasteiger charge is 2.06. The standard InChI is InChI=1S/C9H11IN2O2/c10-7-2-1-6(5-8(7)13)9(14)12-4-3-11/h1-2,5,13H,3-4,11H2,(H,12,14). The molecular weight excluding hydrogens is 295 g/mol. The topological polar surface area (TPSA) is 75.3 Å². The average molecular weight is 306 g/mol. The molecule has 76 valence electrons. The molecule has 1 amide bonds. The van der Waals surface area contributed by atoms with E-state index < -0.39 is 0 Å². The van der Waals surface area contributed by atoms with E-state index in [9.17, 15) is 9.90 Å². The number of hydrogen-bond acceptors (Lipinski definition) is 3. The Bertz CT molecular complexity index is 342. The molecule has 5 heteroatoms. The van der Waals surface area contributed by atoms with Gasteiger partial charge in [0.2, 0.25) is 0 Å². The Hall–Kier alpha value is -0.820. The Kier molecular flexibility index (Phi) is 4.15. The first-order valence-corrected chi connectivity index (χ1v) is 5.20. The van der Waals surface area contributed by atoms with Gasteiger partial charge in [0.1, 0.15) is 5.75 Å². The first-order valence-electron chi connectivity index (χ1n) is 4.12. The second-order valence-corrected chi connectivity index (χ2v) is 3.87. The van der Waals surface area contributed by atoms with E-state index in [1.54, 1.807) is 12.1 Å². The molecule has 0 bridgehead atoms. The molecule has 0 aliphatic carbocycles. The fourth-order valence-electron chi connectivity index (χ4n) is 0.942. The van der Waals surface area contributed by atoms with E-state index in [2.05, 4.69) is 5.32 Å². The number of rotatable bonds is 3. The van der Waals surface area contributed by atoms with Crippen LogP contribution in [0.15, 0.2) is 18.2 Å². The number of carbonyl (C=O) groups is 1. The van der Waals surface area contributed by atoms with Crippen molar-refractivity contribution in [3.05, 3.63) is 27.3 Å². The molecule has 0 heterocycles. The number of phenols is 1. The first kappa shape index (κ1) is 11.3. The molecular formula is C9H11IN2O2. The van der Waals surface area contributed by atoms with E-state index in [0.717, 1.165) is 3.57 Å². The van der Waals surface area contributed by atoms with Crippen molar-refractivity contribution < 1.29 is 9.90 Å². The van der Waals surface area contributed by atoms with Gasteiger partial charge in [-0.15, -0.1) is 0 Å². The molecule has 1 aromatic carbocycles. The number of hydrogen-bond donors (Lipinski definition) is 3. The van der Waals surface area contributed by atoms with Gasteiger partial charge >= 0.3 is 0 Å². The minimum Gasteiger partial charge on any atom is -0.507 e. The Balaban J connectivity index is 2.76. The average Bonchev–Trinajstić information content (AvgIpc) is 2.18. The fraction of sp³-hybridized carbons (Fsp3) is 0.222. The molecule has 0 atom stereocenters. The SMILES string of the molecule is NCCNC(=O)c1ccc(I)c(O)c1. The lowest BCUT2D eigenvalue weighted by Gasteiger charge is -2.04. The maximum Gasteiger partial charge on any atom is 0.251 e. The Morgan fingerprint density at radius 3 is 2.86 bits per heavy atom. The van der Waals surface area contributed by atoms with Gasteiger partial charge in [0.25, 0.3) is 5.91 Å². The number of nitrogens with two attached hydrogens (primary N) is 1. The lowest BCUT2D eigenvalue weighted by atomic mass is 10.2. The third-order valence-electron chi connectivity index (χ3n) is 1.64. The molecule has 0 saturated heterocycles. The van der Waals surface area contributed by atoms with E-state index in [1.165, 1.54) is 6.07 Å². The van der Waals surface area contributed by atoms with Crippen LogP contribution in [0.25, 0.3) is 0 Å². The molecule has 1 rings (SSSR count). The summed E-state index contributed by atoms with van der Waals surface area (Å²) >= 11 is 1.99. The van der Waals surface area contributed by atoms with Crippen LogP contribution in [0.5, 0.6) is 5.75 Å². The largest absolute Gasteiger partial charge is 0.507 e. The van der Waals surface area contributed by atoms with E-state index in [4.69, 9.17) is 5.73 Å². The van der Waals surface area contributed by atoms with Crippen LogP contribution >= 0.6 is 22.6 Å². The van der Waals surface area contributed by atoms with E-state index in [1.807, 2.05) is 22.6 Å². The smallest absolute Gasteiger partial charge is 0.251 e. The predicted molar refractivity (Wildman–Crippen MR) is 62.2 cm³/mol. The van der Waals surface area contributed by atoms with Crippen LogP contribution in [0, 0.1) is 3.57 Å². The third-order valence-corrected chi connectivity index (χ3v) is 2.55. The maximum atomic E-state index is 11.4. The van der Waals surface area contributed by atoms with Crippen LogP contribution in [0.4, 0.5) is 0 Å². The Morgan fingerprint density at radius 2 is 2.29 bits per heavy atom. The van der Waals surface area contributed by atoms with Gasteiger partial charge in [-0.3, -0.25) is 4.79 Å². The van der Waals surface area contributed by atoms with Gasteiger partial charge in [-0.1, -0.05) is 0 Å². The number of aromatic hydroxyl groups is 1. The van der Waals surface area contributed by atoms with Crippen molar-refractivity contribution in [2.45, 2.75) is 0 Å². The zero-order chi connectivity index (χ0) is 10.6. The van der Waals surface area contributed by atoms with Gasteiger partial charge in [-0.05, 0) is 40.8 Å². The van der Waals surface area contributed by atoms with Crippen LogP contribution < -0.4 is 11.1 Å². The van der Waals surface area contributed by atoms with Crippen LogP contribution in [0.3, 0.4) is 0 Å². The normalized spacial score (nSPS) is 9.86. The summed E-state index contributed by atoms with van der Waals surface area (Å²) < 4.78 is 0.720. The van der Waals surface area contributed by atoms with Crippen molar-refractivity contribution in [2.75, 3.05) is 13.1 Å². The highest BCUT2D eigenvalue weighted by molar-refractivity contribution is 14.1. The molecule has 4 N–H and O–H groups in total. The summed E-state index contributed by atoms with van der Waals surface area (Å²) in [5, 5.41) is 12.0. The van der Waals surface area contributed by atoms with Crippen LogP contribution in [0.2, 0.25) is 0 Å². The minimum absolute atomic E-state index is 0.117. The number of nitrogens with one attached hydrogen (secondary N) is 1. The van der Waals surface area contributed by atoms with Gasteiger partial charge in [0.05, 0.1) is 3.57 Å². The van der Waals surface area contributed by atoms with Crippen molar-refractivity contribution in [2.24, 2.45) is 5.73 Å². The Labute approximate surface area is 95.6 Å². The van der Waals surface area contributed by atoms with Crippen molar-refractivity contribution in [3.8, 4) is 5.75 Å². The van der Waals surface area contributed by atoms with Crippen molar-refractivity contribution in [3.63, 3.8) is 0 Å². The fourth-order valence-corrected chi connectivity index (χ4v) is 1.28. The number of carbonyl (C=O) groups excluding carboxylic acids is 1. The first-order chi connectivity index (χ1) is 6.65.